The molecule has 0 aliphatic heterocycles. The zero-order chi connectivity index (χ0) is 14.7. The van der Waals surface area contributed by atoms with Crippen LogP contribution in [0.2, 0.25) is 0 Å². The smallest absolute Gasteiger partial charge is 0.0331 e. The third kappa shape index (κ3) is 5.83. The Kier molecular flexibility index (Phi) is 10.6. The summed E-state index contributed by atoms with van der Waals surface area (Å²) in [5.41, 5.74) is 0.295. The molecule has 0 heterocycles. The second kappa shape index (κ2) is 10.7. The van der Waals surface area contributed by atoms with Gasteiger partial charge in [-0.05, 0) is 39.9 Å². The Balaban J connectivity index is 4.42. The van der Waals surface area contributed by atoms with Crippen molar-refractivity contribution < 1.29 is 0 Å². The van der Waals surface area contributed by atoms with E-state index in [1.165, 1.54) is 44.9 Å². The van der Waals surface area contributed by atoms with Gasteiger partial charge in [-0.25, -0.2) is 0 Å². The Morgan fingerprint density at radius 2 is 1.53 bits per heavy atom. The summed E-state index contributed by atoms with van der Waals surface area (Å²) in [6, 6.07) is 0.610. The molecule has 0 aromatic heterocycles. The summed E-state index contributed by atoms with van der Waals surface area (Å²) in [6.45, 7) is 13.9. The fraction of sp³-hybridized carbons (Fsp3) is 1.00. The van der Waals surface area contributed by atoms with Crippen LogP contribution in [0.15, 0.2) is 0 Å². The predicted molar refractivity (Wildman–Crippen MR) is 87.8 cm³/mol. The molecule has 2 heteroatoms. The first-order chi connectivity index (χ1) is 9.10. The minimum atomic E-state index is 0.295. The standard InChI is InChI=1S/C17H38N2/c1-7-11-12-13-14-15-16(18-6)17(5,8-2)19(9-3)10-4/h16,18H,7-15H2,1-6H3. The third-order valence-corrected chi connectivity index (χ3v) is 4.90. The van der Waals surface area contributed by atoms with Crippen molar-refractivity contribution in [3.63, 3.8) is 0 Å². The van der Waals surface area contributed by atoms with Crippen LogP contribution < -0.4 is 5.32 Å². The van der Waals surface area contributed by atoms with Gasteiger partial charge in [0.1, 0.15) is 0 Å². The lowest BCUT2D eigenvalue weighted by atomic mass is 9.84. The zero-order valence-corrected chi connectivity index (χ0v) is 14.4. The van der Waals surface area contributed by atoms with Crippen molar-refractivity contribution in [3.8, 4) is 0 Å². The summed E-state index contributed by atoms with van der Waals surface area (Å²) < 4.78 is 0. The Morgan fingerprint density at radius 3 is 1.95 bits per heavy atom. The Morgan fingerprint density at radius 1 is 0.947 bits per heavy atom. The van der Waals surface area contributed by atoms with Crippen LogP contribution in [0.3, 0.4) is 0 Å². The molecule has 116 valence electrons. The van der Waals surface area contributed by atoms with Crippen LogP contribution in [0.25, 0.3) is 0 Å². The maximum atomic E-state index is 3.59. The summed E-state index contributed by atoms with van der Waals surface area (Å²) in [6.07, 6.45) is 9.41. The lowest BCUT2D eigenvalue weighted by molar-refractivity contribution is 0.0686. The highest BCUT2D eigenvalue weighted by molar-refractivity contribution is 4.95. The molecular weight excluding hydrogens is 232 g/mol. The van der Waals surface area contributed by atoms with Crippen LogP contribution in [0.1, 0.15) is 79.6 Å². The minimum absolute atomic E-state index is 0.295. The molecule has 0 saturated carbocycles. The molecule has 0 saturated heterocycles. The molecule has 0 radical (unpaired) electrons. The topological polar surface area (TPSA) is 15.3 Å². The van der Waals surface area contributed by atoms with E-state index in [9.17, 15) is 0 Å². The van der Waals surface area contributed by atoms with Crippen molar-refractivity contribution in [2.45, 2.75) is 91.1 Å². The van der Waals surface area contributed by atoms with Gasteiger partial charge in [-0.3, -0.25) is 4.90 Å². The molecular formula is C17H38N2. The zero-order valence-electron chi connectivity index (χ0n) is 14.4. The molecule has 19 heavy (non-hydrogen) atoms. The fourth-order valence-corrected chi connectivity index (χ4v) is 3.35. The third-order valence-electron chi connectivity index (χ3n) is 4.90. The van der Waals surface area contributed by atoms with Crippen LogP contribution in [0, 0.1) is 0 Å². The summed E-state index contributed by atoms with van der Waals surface area (Å²) in [5.74, 6) is 0. The molecule has 2 unspecified atom stereocenters. The van der Waals surface area contributed by atoms with E-state index in [0.717, 1.165) is 13.1 Å². The number of hydrogen-bond donors (Lipinski definition) is 1. The molecule has 0 aliphatic carbocycles. The van der Waals surface area contributed by atoms with Crippen molar-refractivity contribution in [3.05, 3.63) is 0 Å². The average molecular weight is 271 g/mol. The van der Waals surface area contributed by atoms with Gasteiger partial charge >= 0.3 is 0 Å². The summed E-state index contributed by atoms with van der Waals surface area (Å²) >= 11 is 0. The first kappa shape index (κ1) is 18.9. The van der Waals surface area contributed by atoms with Crippen LogP contribution in [-0.4, -0.2) is 36.6 Å². The van der Waals surface area contributed by atoms with Gasteiger partial charge in [0.25, 0.3) is 0 Å². The van der Waals surface area contributed by atoms with E-state index in [0.29, 0.717) is 11.6 Å². The van der Waals surface area contributed by atoms with E-state index in [2.05, 4.69) is 51.9 Å². The van der Waals surface area contributed by atoms with Crippen molar-refractivity contribution in [2.24, 2.45) is 0 Å². The van der Waals surface area contributed by atoms with Crippen molar-refractivity contribution >= 4 is 0 Å². The maximum absolute atomic E-state index is 3.59. The number of unbranched alkanes of at least 4 members (excludes halogenated alkanes) is 4. The van der Waals surface area contributed by atoms with Gasteiger partial charge in [0.15, 0.2) is 0 Å². The summed E-state index contributed by atoms with van der Waals surface area (Å²) in [5, 5.41) is 3.59. The van der Waals surface area contributed by atoms with Gasteiger partial charge in [-0.15, -0.1) is 0 Å². The molecule has 0 amide bonds. The SMILES string of the molecule is CCCCCCCC(NC)C(C)(CC)N(CC)CC. The number of nitrogens with one attached hydrogen (secondary N) is 1. The average Bonchev–Trinajstić information content (AvgIpc) is 2.43. The quantitative estimate of drug-likeness (QED) is 0.527. The molecule has 0 rings (SSSR count). The van der Waals surface area contributed by atoms with Gasteiger partial charge in [0.2, 0.25) is 0 Å². The largest absolute Gasteiger partial charge is 0.315 e. The van der Waals surface area contributed by atoms with E-state index >= 15 is 0 Å². The van der Waals surface area contributed by atoms with Gasteiger partial charge in [0.05, 0.1) is 0 Å². The van der Waals surface area contributed by atoms with Gasteiger partial charge < -0.3 is 5.32 Å². The van der Waals surface area contributed by atoms with Crippen LogP contribution >= 0.6 is 0 Å². The van der Waals surface area contributed by atoms with Crippen LogP contribution in [0.5, 0.6) is 0 Å². The normalized spacial score (nSPS) is 16.6. The van der Waals surface area contributed by atoms with Crippen molar-refractivity contribution in [2.75, 3.05) is 20.1 Å². The van der Waals surface area contributed by atoms with E-state index in [-0.39, 0.29) is 0 Å². The summed E-state index contributed by atoms with van der Waals surface area (Å²) in [4.78, 5) is 2.63. The number of rotatable bonds is 12. The second-order valence-electron chi connectivity index (χ2n) is 5.93. The predicted octanol–water partition coefficient (Wildman–Crippen LogP) is 4.45. The highest BCUT2D eigenvalue weighted by atomic mass is 15.2. The molecule has 0 spiro atoms. The number of likely N-dealkylation sites (N-methyl/N-ethyl adjacent to an activating group) is 2. The molecule has 0 bridgehead atoms. The Bertz CT molecular complexity index is 201. The van der Waals surface area contributed by atoms with E-state index in [1.54, 1.807) is 0 Å². The summed E-state index contributed by atoms with van der Waals surface area (Å²) in [7, 11) is 2.13. The Labute approximate surface area is 122 Å². The number of hydrogen-bond acceptors (Lipinski definition) is 2. The lowest BCUT2D eigenvalue weighted by Gasteiger charge is -2.46. The van der Waals surface area contributed by atoms with Gasteiger partial charge in [0, 0.05) is 11.6 Å². The lowest BCUT2D eigenvalue weighted by Crippen LogP contribution is -2.58. The van der Waals surface area contributed by atoms with E-state index < -0.39 is 0 Å². The maximum Gasteiger partial charge on any atom is 0.0331 e. The highest BCUT2D eigenvalue weighted by Crippen LogP contribution is 2.26. The first-order valence-corrected chi connectivity index (χ1v) is 8.52. The molecule has 2 nitrogen and oxygen atoms in total. The Hall–Kier alpha value is -0.0800. The monoisotopic (exact) mass is 270 g/mol. The van der Waals surface area contributed by atoms with Crippen molar-refractivity contribution in [1.29, 1.82) is 0 Å². The molecule has 1 N–H and O–H groups in total. The van der Waals surface area contributed by atoms with Crippen molar-refractivity contribution in [1.82, 2.24) is 10.2 Å². The van der Waals surface area contributed by atoms with Gasteiger partial charge in [-0.2, -0.15) is 0 Å². The first-order valence-electron chi connectivity index (χ1n) is 8.52. The van der Waals surface area contributed by atoms with Gasteiger partial charge in [-0.1, -0.05) is 59.8 Å². The highest BCUT2D eigenvalue weighted by Gasteiger charge is 2.35. The molecule has 0 aliphatic rings. The van der Waals surface area contributed by atoms with Crippen LogP contribution in [-0.2, 0) is 0 Å². The number of nitrogens with zero attached hydrogens (tertiary/aromatic N) is 1. The van der Waals surface area contributed by atoms with E-state index in [1.807, 2.05) is 0 Å². The fourth-order valence-electron chi connectivity index (χ4n) is 3.35. The second-order valence-corrected chi connectivity index (χ2v) is 5.93. The van der Waals surface area contributed by atoms with Crippen LogP contribution in [0.4, 0.5) is 0 Å². The van der Waals surface area contributed by atoms with E-state index in [4.69, 9.17) is 0 Å². The molecule has 0 aromatic carbocycles. The molecule has 0 aromatic rings. The minimum Gasteiger partial charge on any atom is -0.315 e. The molecule has 0 fully saturated rings. The molecule has 2 atom stereocenters.